The molecule has 0 radical (unpaired) electrons. The molecule has 0 aromatic carbocycles. The van der Waals surface area contributed by atoms with Crippen molar-refractivity contribution >= 4 is 17.5 Å². The van der Waals surface area contributed by atoms with Crippen LogP contribution in [0.4, 0.5) is 4.39 Å². The predicted octanol–water partition coefficient (Wildman–Crippen LogP) is 3.97. The van der Waals surface area contributed by atoms with Gasteiger partial charge < -0.3 is 4.74 Å². The summed E-state index contributed by atoms with van der Waals surface area (Å²) < 4.78 is 21.3. The Morgan fingerprint density at radius 1 is 1.15 bits per heavy atom. The van der Waals surface area contributed by atoms with Crippen molar-refractivity contribution in [1.29, 1.82) is 0 Å². The van der Waals surface area contributed by atoms with Gasteiger partial charge in [0.05, 0.1) is 0 Å². The van der Waals surface area contributed by atoms with Crippen LogP contribution in [-0.2, 0) is 19.1 Å². The van der Waals surface area contributed by atoms with Gasteiger partial charge in [0.1, 0.15) is 12.3 Å². The Labute approximate surface area is 159 Å². The Morgan fingerprint density at radius 3 is 2.67 bits per heavy atom. The molecule has 0 bridgehead atoms. The molecule has 0 N–H and O–H groups in total. The highest BCUT2D eigenvalue weighted by molar-refractivity contribution is 5.91. The molecule has 4 nitrogen and oxygen atoms in total. The standard InChI is InChI=1S/C22H29FO4/c1-13(24)27-12-20(26)19-8-7-17-18-5-3-14-11-15(25)4-6-16(14)22(18,23)10-9-21(17,19)2/h11,16-19H,3-10,12H2,1-2H3/t16-,17-,18-,19+,21-,22-/m0/s1. The summed E-state index contributed by atoms with van der Waals surface area (Å²) in [5.41, 5.74) is -0.416. The van der Waals surface area contributed by atoms with Gasteiger partial charge in [-0.25, -0.2) is 4.39 Å². The number of ketones is 2. The lowest BCUT2D eigenvalue weighted by molar-refractivity contribution is -0.151. The third kappa shape index (κ3) is 2.89. The summed E-state index contributed by atoms with van der Waals surface area (Å²) in [6.45, 7) is 3.30. The molecule has 4 aliphatic carbocycles. The van der Waals surface area contributed by atoms with Crippen LogP contribution in [0.5, 0.6) is 0 Å². The van der Waals surface area contributed by atoms with Crippen molar-refractivity contribution in [3.05, 3.63) is 11.6 Å². The minimum atomic E-state index is -1.23. The molecule has 4 rings (SSSR count). The number of halogens is 1. The zero-order valence-electron chi connectivity index (χ0n) is 16.3. The molecule has 0 amide bonds. The number of hydrogen-bond acceptors (Lipinski definition) is 4. The molecule has 148 valence electrons. The second kappa shape index (κ2) is 6.52. The fourth-order valence-electron chi connectivity index (χ4n) is 6.91. The topological polar surface area (TPSA) is 60.4 Å². The minimum absolute atomic E-state index is 0.0128. The fourth-order valence-corrected chi connectivity index (χ4v) is 6.91. The van der Waals surface area contributed by atoms with Gasteiger partial charge in [-0.15, -0.1) is 0 Å². The summed E-state index contributed by atoms with van der Waals surface area (Å²) in [5.74, 6) is -0.402. The van der Waals surface area contributed by atoms with Crippen LogP contribution in [0.15, 0.2) is 11.6 Å². The van der Waals surface area contributed by atoms with Gasteiger partial charge in [0.25, 0.3) is 0 Å². The number of hydrogen-bond donors (Lipinski definition) is 0. The van der Waals surface area contributed by atoms with E-state index >= 15 is 4.39 Å². The quantitative estimate of drug-likeness (QED) is 0.700. The maximum atomic E-state index is 16.4. The zero-order valence-corrected chi connectivity index (χ0v) is 16.3. The molecule has 0 spiro atoms. The van der Waals surface area contributed by atoms with Gasteiger partial charge in [-0.3, -0.25) is 14.4 Å². The number of allylic oxidation sites excluding steroid dienone is 1. The van der Waals surface area contributed by atoms with Crippen molar-refractivity contribution < 1.29 is 23.5 Å². The van der Waals surface area contributed by atoms with E-state index in [0.717, 1.165) is 31.3 Å². The SMILES string of the molecule is CC(=O)OCC(=O)[C@H]1CC[C@H]2[C@@H]3CCC4=CC(=O)CC[C@@H]4[C@@]3(F)CC[C@]12C. The van der Waals surface area contributed by atoms with E-state index in [1.807, 2.05) is 0 Å². The third-order valence-corrected chi connectivity index (χ3v) is 8.16. The molecule has 5 heteroatoms. The summed E-state index contributed by atoms with van der Waals surface area (Å²) in [4.78, 5) is 35.5. The van der Waals surface area contributed by atoms with Crippen LogP contribution in [0, 0.1) is 29.1 Å². The highest BCUT2D eigenvalue weighted by Gasteiger charge is 2.63. The number of carbonyl (C=O) groups excluding carboxylic acids is 3. The zero-order chi connectivity index (χ0) is 19.4. The van der Waals surface area contributed by atoms with Crippen molar-refractivity contribution in [2.45, 2.75) is 70.9 Å². The van der Waals surface area contributed by atoms with E-state index < -0.39 is 11.6 Å². The monoisotopic (exact) mass is 376 g/mol. The lowest BCUT2D eigenvalue weighted by atomic mass is 9.49. The van der Waals surface area contributed by atoms with E-state index in [4.69, 9.17) is 4.74 Å². The molecule has 0 unspecified atom stereocenters. The molecule has 0 heterocycles. The first-order chi connectivity index (χ1) is 12.8. The van der Waals surface area contributed by atoms with Crippen molar-refractivity contribution in [1.82, 2.24) is 0 Å². The van der Waals surface area contributed by atoms with Gasteiger partial charge in [-0.2, -0.15) is 0 Å². The largest absolute Gasteiger partial charge is 0.458 e. The van der Waals surface area contributed by atoms with E-state index in [1.54, 1.807) is 6.08 Å². The normalized spacial score (nSPS) is 43.2. The van der Waals surface area contributed by atoms with Crippen LogP contribution in [-0.4, -0.2) is 29.8 Å². The maximum absolute atomic E-state index is 16.4. The van der Waals surface area contributed by atoms with Gasteiger partial charge in [-0.1, -0.05) is 12.5 Å². The lowest BCUT2D eigenvalue weighted by Gasteiger charge is -2.57. The molecular weight excluding hydrogens is 347 g/mol. The van der Waals surface area contributed by atoms with Gasteiger partial charge in [0.15, 0.2) is 11.6 Å². The highest BCUT2D eigenvalue weighted by atomic mass is 19.1. The van der Waals surface area contributed by atoms with Crippen LogP contribution in [0.1, 0.15) is 65.2 Å². The van der Waals surface area contributed by atoms with Gasteiger partial charge in [0.2, 0.25) is 0 Å². The Morgan fingerprint density at radius 2 is 1.93 bits per heavy atom. The van der Waals surface area contributed by atoms with E-state index in [-0.39, 0.29) is 47.3 Å². The van der Waals surface area contributed by atoms with Crippen LogP contribution < -0.4 is 0 Å². The third-order valence-electron chi connectivity index (χ3n) is 8.16. The molecule has 0 saturated heterocycles. The fraction of sp³-hybridized carbons (Fsp3) is 0.773. The molecule has 4 aliphatic rings. The van der Waals surface area contributed by atoms with Crippen molar-refractivity contribution in [2.75, 3.05) is 6.61 Å². The first kappa shape index (κ1) is 18.8. The highest BCUT2D eigenvalue weighted by Crippen LogP contribution is 2.66. The summed E-state index contributed by atoms with van der Waals surface area (Å²) >= 11 is 0. The Hall–Kier alpha value is -1.52. The average molecular weight is 376 g/mol. The molecule has 0 aromatic rings. The first-order valence-corrected chi connectivity index (χ1v) is 10.3. The van der Waals surface area contributed by atoms with Crippen LogP contribution in [0.25, 0.3) is 0 Å². The minimum Gasteiger partial charge on any atom is -0.458 e. The van der Waals surface area contributed by atoms with Crippen molar-refractivity contribution in [3.8, 4) is 0 Å². The van der Waals surface area contributed by atoms with Gasteiger partial charge in [-0.05, 0) is 68.3 Å². The lowest BCUT2D eigenvalue weighted by Crippen LogP contribution is -2.56. The van der Waals surface area contributed by atoms with Crippen molar-refractivity contribution in [2.24, 2.45) is 29.1 Å². The van der Waals surface area contributed by atoms with Crippen LogP contribution >= 0.6 is 0 Å². The Kier molecular flexibility index (Phi) is 4.55. The first-order valence-electron chi connectivity index (χ1n) is 10.3. The van der Waals surface area contributed by atoms with E-state index in [0.29, 0.717) is 25.7 Å². The second-order valence-electron chi connectivity index (χ2n) is 9.34. The smallest absolute Gasteiger partial charge is 0.303 e. The number of alkyl halides is 1. The Balaban J connectivity index is 1.57. The maximum Gasteiger partial charge on any atom is 0.303 e. The van der Waals surface area contributed by atoms with Crippen LogP contribution in [0.3, 0.4) is 0 Å². The molecule has 3 fully saturated rings. The summed E-state index contributed by atoms with van der Waals surface area (Å²) in [6.07, 6.45) is 7.18. The molecule has 6 atom stereocenters. The molecule has 3 saturated carbocycles. The summed E-state index contributed by atoms with van der Waals surface area (Å²) in [5, 5.41) is 0. The average Bonchev–Trinajstić information content (AvgIpc) is 2.96. The number of Topliss-reactive ketones (excluding diaryl/α,β-unsaturated/α-hetero) is 1. The number of fused-ring (bicyclic) bond motifs is 5. The summed E-state index contributed by atoms with van der Waals surface area (Å²) in [7, 11) is 0. The Bertz CT molecular complexity index is 713. The molecule has 0 aromatic heterocycles. The van der Waals surface area contributed by atoms with E-state index in [2.05, 4.69) is 6.92 Å². The molecule has 0 aliphatic heterocycles. The number of carbonyl (C=O) groups is 3. The number of rotatable bonds is 3. The van der Waals surface area contributed by atoms with Gasteiger partial charge in [0, 0.05) is 25.2 Å². The second-order valence-corrected chi connectivity index (χ2v) is 9.34. The van der Waals surface area contributed by atoms with Gasteiger partial charge >= 0.3 is 5.97 Å². The number of ether oxygens (including phenoxy) is 1. The van der Waals surface area contributed by atoms with Crippen LogP contribution in [0.2, 0.25) is 0 Å². The van der Waals surface area contributed by atoms with E-state index in [9.17, 15) is 14.4 Å². The van der Waals surface area contributed by atoms with Crippen molar-refractivity contribution in [3.63, 3.8) is 0 Å². The summed E-state index contributed by atoms with van der Waals surface area (Å²) in [6, 6.07) is 0. The predicted molar refractivity (Wildman–Crippen MR) is 97.6 cm³/mol. The number of esters is 1. The molecule has 27 heavy (non-hydrogen) atoms. The van der Waals surface area contributed by atoms with E-state index in [1.165, 1.54) is 6.92 Å². The molecular formula is C22H29FO4.